The monoisotopic (exact) mass is 280 g/mol. The normalized spacial score (nSPS) is 27.0. The Morgan fingerprint density at radius 2 is 1.35 bits per heavy atom. The van der Waals surface area contributed by atoms with E-state index >= 15 is 0 Å². The molecular formula is C17H32N2O. The van der Waals surface area contributed by atoms with Crippen LogP contribution in [0, 0.1) is 10.8 Å². The summed E-state index contributed by atoms with van der Waals surface area (Å²) in [6.07, 6.45) is 9.56. The fourth-order valence-corrected chi connectivity index (χ4v) is 4.61. The van der Waals surface area contributed by atoms with Crippen LogP contribution < -0.4 is 10.6 Å². The molecule has 0 spiro atoms. The molecule has 2 saturated carbocycles. The number of urea groups is 1. The Morgan fingerprint density at radius 1 is 0.850 bits per heavy atom. The first-order valence-electron chi connectivity index (χ1n) is 8.33. The van der Waals surface area contributed by atoms with Crippen LogP contribution in [0.5, 0.6) is 0 Å². The van der Waals surface area contributed by atoms with E-state index < -0.39 is 0 Å². The minimum atomic E-state index is 0.0513. The zero-order valence-electron chi connectivity index (χ0n) is 13.7. The fraction of sp³-hybridized carbons (Fsp3) is 0.941. The molecule has 116 valence electrons. The molecule has 0 saturated heterocycles. The van der Waals surface area contributed by atoms with E-state index in [0.29, 0.717) is 22.9 Å². The average molecular weight is 280 g/mol. The number of hydrogen-bond acceptors (Lipinski definition) is 1. The van der Waals surface area contributed by atoms with Crippen LogP contribution in [0.4, 0.5) is 4.79 Å². The Kier molecular flexibility index (Phi) is 4.66. The molecule has 2 aliphatic rings. The van der Waals surface area contributed by atoms with Gasteiger partial charge in [0.15, 0.2) is 0 Å². The topological polar surface area (TPSA) is 41.1 Å². The maximum absolute atomic E-state index is 12.2. The van der Waals surface area contributed by atoms with Crippen molar-refractivity contribution in [2.24, 2.45) is 10.8 Å². The van der Waals surface area contributed by atoms with Crippen molar-refractivity contribution >= 4 is 6.03 Å². The molecule has 0 bridgehead atoms. The molecule has 2 N–H and O–H groups in total. The molecule has 0 aromatic heterocycles. The van der Waals surface area contributed by atoms with Crippen LogP contribution in [0.3, 0.4) is 0 Å². The molecule has 2 amide bonds. The molecule has 0 radical (unpaired) electrons. The van der Waals surface area contributed by atoms with Crippen molar-refractivity contribution in [3.8, 4) is 0 Å². The smallest absolute Gasteiger partial charge is 0.315 e. The van der Waals surface area contributed by atoms with Crippen molar-refractivity contribution in [1.29, 1.82) is 0 Å². The van der Waals surface area contributed by atoms with Gasteiger partial charge in [-0.2, -0.15) is 0 Å². The van der Waals surface area contributed by atoms with Crippen molar-refractivity contribution < 1.29 is 4.79 Å². The predicted octanol–water partition coefficient (Wildman–Crippen LogP) is 4.22. The van der Waals surface area contributed by atoms with Crippen molar-refractivity contribution in [2.45, 2.75) is 91.1 Å². The molecule has 3 nitrogen and oxygen atoms in total. The summed E-state index contributed by atoms with van der Waals surface area (Å²) in [6.45, 7) is 9.28. The summed E-state index contributed by atoms with van der Waals surface area (Å²) in [5, 5.41) is 6.40. The van der Waals surface area contributed by atoms with Crippen molar-refractivity contribution in [3.05, 3.63) is 0 Å². The van der Waals surface area contributed by atoms with Gasteiger partial charge in [-0.15, -0.1) is 0 Å². The van der Waals surface area contributed by atoms with Crippen LogP contribution in [-0.2, 0) is 0 Å². The van der Waals surface area contributed by atoms with E-state index in [4.69, 9.17) is 0 Å². The Hall–Kier alpha value is -0.730. The first kappa shape index (κ1) is 15.7. The lowest BCUT2D eigenvalue weighted by atomic mass is 9.63. The van der Waals surface area contributed by atoms with E-state index in [2.05, 4.69) is 38.3 Å². The standard InChI is InChI=1S/C17H32N2O/c1-16(2)10-14(11-17(3,4)12-16)19-15(20)18-13-8-6-5-7-9-13/h13-14H,5-12H2,1-4H3,(H2,18,19,20). The molecule has 0 aliphatic heterocycles. The summed E-state index contributed by atoms with van der Waals surface area (Å²) >= 11 is 0. The van der Waals surface area contributed by atoms with Gasteiger partial charge in [0.25, 0.3) is 0 Å². The number of carbonyl (C=O) groups excluding carboxylic acids is 1. The zero-order valence-corrected chi connectivity index (χ0v) is 13.7. The number of amides is 2. The van der Waals surface area contributed by atoms with E-state index in [-0.39, 0.29) is 6.03 Å². The highest BCUT2D eigenvalue weighted by Crippen LogP contribution is 2.45. The third-order valence-electron chi connectivity index (χ3n) is 4.83. The van der Waals surface area contributed by atoms with Crippen molar-refractivity contribution in [1.82, 2.24) is 10.6 Å². The van der Waals surface area contributed by atoms with Gasteiger partial charge >= 0.3 is 6.03 Å². The second-order valence-corrected chi connectivity index (χ2v) is 8.56. The van der Waals surface area contributed by atoms with Gasteiger partial charge in [-0.3, -0.25) is 0 Å². The summed E-state index contributed by atoms with van der Waals surface area (Å²) in [7, 11) is 0. The first-order chi connectivity index (χ1) is 9.26. The van der Waals surface area contributed by atoms with Crippen LogP contribution >= 0.6 is 0 Å². The van der Waals surface area contributed by atoms with E-state index in [9.17, 15) is 4.79 Å². The second kappa shape index (κ2) is 5.95. The highest BCUT2D eigenvalue weighted by atomic mass is 16.2. The van der Waals surface area contributed by atoms with Gasteiger partial charge in [0.05, 0.1) is 0 Å². The number of carbonyl (C=O) groups is 1. The van der Waals surface area contributed by atoms with E-state index in [1.54, 1.807) is 0 Å². The van der Waals surface area contributed by atoms with Gasteiger partial charge in [-0.25, -0.2) is 4.79 Å². The highest BCUT2D eigenvalue weighted by Gasteiger charge is 2.39. The Morgan fingerprint density at radius 3 is 1.90 bits per heavy atom. The lowest BCUT2D eigenvalue weighted by Gasteiger charge is -2.45. The lowest BCUT2D eigenvalue weighted by Crippen LogP contribution is -2.51. The summed E-state index contributed by atoms with van der Waals surface area (Å²) in [5.41, 5.74) is 0.648. The maximum atomic E-state index is 12.2. The minimum Gasteiger partial charge on any atom is -0.335 e. The Bertz CT molecular complexity index is 327. The van der Waals surface area contributed by atoms with Crippen molar-refractivity contribution in [3.63, 3.8) is 0 Å². The van der Waals surface area contributed by atoms with Crippen LogP contribution in [0.25, 0.3) is 0 Å². The number of rotatable bonds is 2. The van der Waals surface area contributed by atoms with Crippen molar-refractivity contribution in [2.75, 3.05) is 0 Å². The summed E-state index contributed by atoms with van der Waals surface area (Å²) in [4.78, 5) is 12.2. The van der Waals surface area contributed by atoms with E-state index in [0.717, 1.165) is 25.7 Å². The second-order valence-electron chi connectivity index (χ2n) is 8.56. The predicted molar refractivity (Wildman–Crippen MR) is 83.7 cm³/mol. The van der Waals surface area contributed by atoms with Crippen LogP contribution in [-0.4, -0.2) is 18.1 Å². The highest BCUT2D eigenvalue weighted by molar-refractivity contribution is 5.74. The molecule has 3 heteroatoms. The van der Waals surface area contributed by atoms with Crippen LogP contribution in [0.2, 0.25) is 0 Å². The molecule has 20 heavy (non-hydrogen) atoms. The fourth-order valence-electron chi connectivity index (χ4n) is 4.61. The maximum Gasteiger partial charge on any atom is 0.315 e. The molecule has 0 unspecified atom stereocenters. The third kappa shape index (κ3) is 4.68. The molecule has 2 fully saturated rings. The molecule has 0 aromatic rings. The Balaban J connectivity index is 1.83. The molecule has 0 aromatic carbocycles. The first-order valence-corrected chi connectivity index (χ1v) is 8.33. The van der Waals surface area contributed by atoms with Gasteiger partial charge in [0.1, 0.15) is 0 Å². The van der Waals surface area contributed by atoms with E-state index in [1.165, 1.54) is 25.7 Å². The zero-order chi connectivity index (χ0) is 14.8. The van der Waals surface area contributed by atoms with Gasteiger partial charge in [0.2, 0.25) is 0 Å². The lowest BCUT2D eigenvalue weighted by molar-refractivity contribution is 0.0879. The minimum absolute atomic E-state index is 0.0513. The Labute approximate surface area is 124 Å². The third-order valence-corrected chi connectivity index (χ3v) is 4.83. The average Bonchev–Trinajstić information content (AvgIpc) is 2.25. The van der Waals surface area contributed by atoms with Crippen LogP contribution in [0.15, 0.2) is 0 Å². The summed E-state index contributed by atoms with van der Waals surface area (Å²) in [5.74, 6) is 0. The van der Waals surface area contributed by atoms with Gasteiger partial charge in [0, 0.05) is 12.1 Å². The number of hydrogen-bond donors (Lipinski definition) is 2. The van der Waals surface area contributed by atoms with Gasteiger partial charge < -0.3 is 10.6 Å². The molecule has 2 aliphatic carbocycles. The van der Waals surface area contributed by atoms with Gasteiger partial charge in [-0.05, 0) is 42.9 Å². The number of nitrogens with one attached hydrogen (secondary N) is 2. The van der Waals surface area contributed by atoms with Crippen LogP contribution in [0.1, 0.15) is 79.1 Å². The van der Waals surface area contributed by atoms with E-state index in [1.807, 2.05) is 0 Å². The van der Waals surface area contributed by atoms with Gasteiger partial charge in [-0.1, -0.05) is 47.0 Å². The molecule has 2 rings (SSSR count). The summed E-state index contributed by atoms with van der Waals surface area (Å²) in [6, 6.07) is 0.765. The molecule has 0 atom stereocenters. The molecule has 0 heterocycles. The largest absolute Gasteiger partial charge is 0.335 e. The quantitative estimate of drug-likeness (QED) is 0.781. The SMILES string of the molecule is CC1(C)CC(NC(=O)NC2CCCCC2)CC(C)(C)C1. The molecular weight excluding hydrogens is 248 g/mol. The summed E-state index contributed by atoms with van der Waals surface area (Å²) < 4.78 is 0.